The highest BCUT2D eigenvalue weighted by Crippen LogP contribution is 2.27. The Morgan fingerprint density at radius 2 is 1.62 bits per heavy atom. The number of carbonyl (C=O) groups excluding carboxylic acids is 2. The van der Waals surface area contributed by atoms with E-state index < -0.39 is 0 Å². The molecule has 2 saturated heterocycles. The number of carbonyl (C=O) groups is 2. The molecule has 3 heterocycles. The fourth-order valence-electron chi connectivity index (χ4n) is 3.45. The predicted molar refractivity (Wildman–Crippen MR) is 101 cm³/mol. The molecule has 134 valence electrons. The lowest BCUT2D eigenvalue weighted by Crippen LogP contribution is -2.53. The minimum absolute atomic E-state index is 0.137. The largest absolute Gasteiger partial charge is 0.338 e. The monoisotopic (exact) mass is 415 g/mol. The van der Waals surface area contributed by atoms with Crippen LogP contribution >= 0.6 is 15.9 Å². The second kappa shape index (κ2) is 7.13. The maximum Gasteiger partial charge on any atom is 0.251 e. The Morgan fingerprint density at radius 1 is 0.962 bits per heavy atom. The minimum Gasteiger partial charge on any atom is -0.338 e. The van der Waals surface area contributed by atoms with Gasteiger partial charge >= 0.3 is 0 Å². The lowest BCUT2D eigenvalue weighted by Gasteiger charge is -2.36. The van der Waals surface area contributed by atoms with Gasteiger partial charge in [0.15, 0.2) is 0 Å². The molecule has 4 rings (SSSR count). The van der Waals surface area contributed by atoms with E-state index in [9.17, 15) is 9.59 Å². The molecule has 7 nitrogen and oxygen atoms in total. The van der Waals surface area contributed by atoms with Crippen LogP contribution in [0, 0.1) is 0 Å². The molecular weight excluding hydrogens is 398 g/mol. The van der Waals surface area contributed by atoms with E-state index in [2.05, 4.69) is 35.7 Å². The minimum atomic E-state index is -0.384. The second-order valence-electron chi connectivity index (χ2n) is 6.34. The lowest BCUT2D eigenvalue weighted by molar-refractivity contribution is -0.123. The van der Waals surface area contributed by atoms with E-state index in [-0.39, 0.29) is 24.3 Å². The summed E-state index contributed by atoms with van der Waals surface area (Å²) in [6.45, 7) is 2.88. The summed E-state index contributed by atoms with van der Waals surface area (Å²) in [6, 6.07) is 8.65. The van der Waals surface area contributed by atoms with E-state index in [1.807, 2.05) is 12.1 Å². The molecule has 26 heavy (non-hydrogen) atoms. The van der Waals surface area contributed by atoms with Gasteiger partial charge in [-0.1, -0.05) is 15.9 Å². The summed E-state index contributed by atoms with van der Waals surface area (Å²) in [7, 11) is 0. The van der Waals surface area contributed by atoms with Crippen molar-refractivity contribution in [2.45, 2.75) is 12.5 Å². The zero-order valence-corrected chi connectivity index (χ0v) is 15.7. The third-order valence-electron chi connectivity index (χ3n) is 4.80. The van der Waals surface area contributed by atoms with Crippen LogP contribution < -0.4 is 9.80 Å². The Balaban J connectivity index is 1.44. The number of anilines is 2. The molecule has 2 aliphatic rings. The summed E-state index contributed by atoms with van der Waals surface area (Å²) in [6.07, 6.45) is 3.69. The molecule has 2 amide bonds. The van der Waals surface area contributed by atoms with Crippen molar-refractivity contribution in [2.75, 3.05) is 36.0 Å². The summed E-state index contributed by atoms with van der Waals surface area (Å²) in [5.41, 5.74) is 0.627. The Kier molecular flexibility index (Phi) is 4.69. The van der Waals surface area contributed by atoms with Crippen molar-refractivity contribution >= 4 is 39.4 Å². The van der Waals surface area contributed by atoms with Crippen molar-refractivity contribution in [3.63, 3.8) is 0 Å². The van der Waals surface area contributed by atoms with Crippen LogP contribution in [0.15, 0.2) is 47.2 Å². The number of piperazine rings is 1. The first-order chi connectivity index (χ1) is 12.6. The first-order valence-corrected chi connectivity index (χ1v) is 9.31. The zero-order valence-electron chi connectivity index (χ0n) is 14.1. The summed E-state index contributed by atoms with van der Waals surface area (Å²) < 4.78 is 0.913. The van der Waals surface area contributed by atoms with Gasteiger partial charge in [-0.05, 0) is 30.3 Å². The van der Waals surface area contributed by atoms with Crippen molar-refractivity contribution < 1.29 is 9.59 Å². The number of rotatable bonds is 3. The fourth-order valence-corrected chi connectivity index (χ4v) is 3.72. The second-order valence-corrected chi connectivity index (χ2v) is 7.25. The summed E-state index contributed by atoms with van der Waals surface area (Å²) in [5.74, 6) is 0.426. The molecule has 2 fully saturated rings. The van der Waals surface area contributed by atoms with Gasteiger partial charge in [-0.2, -0.15) is 0 Å². The van der Waals surface area contributed by atoms with E-state index in [1.165, 1.54) is 4.90 Å². The van der Waals surface area contributed by atoms with Crippen LogP contribution in [0.3, 0.4) is 0 Å². The molecule has 1 aromatic heterocycles. The van der Waals surface area contributed by atoms with Crippen LogP contribution in [-0.2, 0) is 9.59 Å². The number of aromatic nitrogens is 2. The van der Waals surface area contributed by atoms with Crippen molar-refractivity contribution in [3.05, 3.63) is 47.2 Å². The molecule has 1 unspecified atom stereocenters. The Morgan fingerprint density at radius 3 is 2.27 bits per heavy atom. The highest BCUT2D eigenvalue weighted by atomic mass is 79.9. The molecule has 0 radical (unpaired) electrons. The Labute approximate surface area is 159 Å². The van der Waals surface area contributed by atoms with E-state index >= 15 is 0 Å². The van der Waals surface area contributed by atoms with Crippen LogP contribution in [0.1, 0.15) is 6.42 Å². The molecule has 0 N–H and O–H groups in total. The van der Waals surface area contributed by atoms with Crippen molar-refractivity contribution in [2.24, 2.45) is 0 Å². The van der Waals surface area contributed by atoms with Crippen molar-refractivity contribution in [1.29, 1.82) is 0 Å². The highest BCUT2D eigenvalue weighted by molar-refractivity contribution is 9.10. The van der Waals surface area contributed by atoms with Gasteiger partial charge in [0, 0.05) is 43.0 Å². The molecular formula is C18H18BrN5O2. The molecule has 0 aliphatic carbocycles. The molecule has 0 spiro atoms. The third-order valence-corrected chi connectivity index (χ3v) is 5.33. The summed E-state index contributed by atoms with van der Waals surface area (Å²) in [5, 5.41) is 0. The number of hydrogen-bond donors (Lipinski definition) is 0. The van der Waals surface area contributed by atoms with Gasteiger partial charge in [-0.25, -0.2) is 14.9 Å². The van der Waals surface area contributed by atoms with Gasteiger partial charge in [0.25, 0.3) is 5.91 Å². The Hall–Kier alpha value is -2.32. The van der Waals surface area contributed by atoms with Crippen LogP contribution in [0.4, 0.5) is 11.6 Å². The average molecular weight is 416 g/mol. The third kappa shape index (κ3) is 3.22. The molecule has 1 atom stereocenters. The normalized spacial score (nSPS) is 21.5. The Bertz CT molecular complexity index is 806. The van der Waals surface area contributed by atoms with Crippen LogP contribution in [0.5, 0.6) is 0 Å². The van der Waals surface area contributed by atoms with E-state index in [0.717, 1.165) is 17.6 Å². The predicted octanol–water partition coefficient (Wildman–Crippen LogP) is 1.69. The molecule has 0 bridgehead atoms. The lowest BCUT2D eigenvalue weighted by atomic mass is 10.2. The smallest absolute Gasteiger partial charge is 0.251 e. The maximum absolute atomic E-state index is 12.9. The zero-order chi connectivity index (χ0) is 18.1. The first kappa shape index (κ1) is 17.1. The summed E-state index contributed by atoms with van der Waals surface area (Å²) >= 11 is 3.37. The molecule has 8 heteroatoms. The van der Waals surface area contributed by atoms with E-state index in [4.69, 9.17) is 0 Å². The van der Waals surface area contributed by atoms with Gasteiger partial charge in [0.1, 0.15) is 0 Å². The van der Waals surface area contributed by atoms with Crippen LogP contribution in [-0.4, -0.2) is 58.9 Å². The fraction of sp³-hybridized carbons (Fsp3) is 0.333. The summed E-state index contributed by atoms with van der Waals surface area (Å²) in [4.78, 5) is 39.4. The van der Waals surface area contributed by atoms with Crippen molar-refractivity contribution in [1.82, 2.24) is 14.9 Å². The average Bonchev–Trinajstić information content (AvgIpc) is 2.98. The quantitative estimate of drug-likeness (QED) is 0.710. The van der Waals surface area contributed by atoms with Gasteiger partial charge in [0.05, 0.1) is 18.2 Å². The molecule has 2 aliphatic heterocycles. The molecule has 1 aromatic carbocycles. The SMILES string of the molecule is O=C1CC(N2CCN(c3ncccn3)CC2)C(=O)N1c1ccc(Br)cc1. The number of amides is 2. The number of imide groups is 1. The van der Waals surface area contributed by atoms with Crippen LogP contribution in [0.25, 0.3) is 0 Å². The molecule has 2 aromatic rings. The van der Waals surface area contributed by atoms with Gasteiger partial charge in [0.2, 0.25) is 11.9 Å². The standard InChI is InChI=1S/C18H18BrN5O2/c19-13-2-4-14(5-3-13)24-16(25)12-15(17(24)26)22-8-10-23(11-9-22)18-20-6-1-7-21-18/h1-7,15H,8-12H2. The number of halogens is 1. The highest BCUT2D eigenvalue weighted by Gasteiger charge is 2.43. The van der Waals surface area contributed by atoms with Crippen LogP contribution in [0.2, 0.25) is 0 Å². The van der Waals surface area contributed by atoms with Gasteiger partial charge < -0.3 is 4.90 Å². The van der Waals surface area contributed by atoms with Crippen molar-refractivity contribution in [3.8, 4) is 0 Å². The van der Waals surface area contributed by atoms with E-state index in [0.29, 0.717) is 24.7 Å². The van der Waals surface area contributed by atoms with Gasteiger partial charge in [-0.15, -0.1) is 0 Å². The van der Waals surface area contributed by atoms with E-state index in [1.54, 1.807) is 30.6 Å². The topological polar surface area (TPSA) is 69.6 Å². The number of benzene rings is 1. The number of hydrogen-bond acceptors (Lipinski definition) is 6. The maximum atomic E-state index is 12.9. The first-order valence-electron chi connectivity index (χ1n) is 8.52. The number of nitrogens with zero attached hydrogens (tertiary/aromatic N) is 5. The molecule has 0 saturated carbocycles. The van der Waals surface area contributed by atoms with Gasteiger partial charge in [-0.3, -0.25) is 14.5 Å².